The number of rotatable bonds is 5. The van der Waals surface area contributed by atoms with Crippen LogP contribution in [0.4, 0.5) is 13.2 Å². The molecule has 3 nitrogen and oxygen atoms in total. The number of alkyl halides is 3. The Bertz CT molecular complexity index is 538. The summed E-state index contributed by atoms with van der Waals surface area (Å²) in [6.07, 6.45) is 0.799. The zero-order valence-corrected chi connectivity index (χ0v) is 12.3. The molecule has 1 N–H and O–H groups in total. The molecule has 0 aromatic heterocycles. The average molecular weight is 309 g/mol. The second-order valence-corrected chi connectivity index (χ2v) is 6.55. The highest BCUT2D eigenvalue weighted by atomic mass is 32.2. The van der Waals surface area contributed by atoms with Gasteiger partial charge in [0.2, 0.25) is 0 Å². The molecule has 20 heavy (non-hydrogen) atoms. The van der Waals surface area contributed by atoms with Crippen molar-refractivity contribution in [3.63, 3.8) is 0 Å². The fourth-order valence-electron chi connectivity index (χ4n) is 2.11. The van der Waals surface area contributed by atoms with Crippen molar-refractivity contribution >= 4 is 9.84 Å². The maximum absolute atomic E-state index is 12.4. The van der Waals surface area contributed by atoms with Gasteiger partial charge >= 0.3 is 5.51 Å². The van der Waals surface area contributed by atoms with Crippen molar-refractivity contribution in [2.75, 3.05) is 7.05 Å². The van der Waals surface area contributed by atoms with E-state index in [1.54, 1.807) is 7.05 Å². The Morgan fingerprint density at radius 1 is 1.20 bits per heavy atom. The molecule has 0 saturated carbocycles. The second-order valence-electron chi connectivity index (χ2n) is 4.61. The molecule has 0 aliphatic heterocycles. The Morgan fingerprint density at radius 3 is 2.05 bits per heavy atom. The highest BCUT2D eigenvalue weighted by molar-refractivity contribution is 7.92. The van der Waals surface area contributed by atoms with Crippen LogP contribution in [0.15, 0.2) is 29.2 Å². The highest BCUT2D eigenvalue weighted by Gasteiger charge is 2.46. The number of benzene rings is 1. The minimum atomic E-state index is -5.27. The lowest BCUT2D eigenvalue weighted by Gasteiger charge is -2.23. The van der Waals surface area contributed by atoms with E-state index in [0.717, 1.165) is 24.1 Å². The number of nitrogens with one attached hydrogen (secondary N) is 1. The lowest BCUT2D eigenvalue weighted by molar-refractivity contribution is -0.0436. The fraction of sp³-hybridized carbons (Fsp3) is 0.538. The average Bonchev–Trinajstić information content (AvgIpc) is 2.38. The van der Waals surface area contributed by atoms with Crippen LogP contribution in [0.2, 0.25) is 0 Å². The summed E-state index contributed by atoms with van der Waals surface area (Å²) >= 11 is 0. The minimum absolute atomic E-state index is 0.114. The molecule has 2 atom stereocenters. The summed E-state index contributed by atoms with van der Waals surface area (Å²) in [5.74, 6) is 0.114. The molecule has 0 aliphatic rings. The second kappa shape index (κ2) is 6.13. The Labute approximate surface area is 117 Å². The predicted molar refractivity (Wildman–Crippen MR) is 71.2 cm³/mol. The van der Waals surface area contributed by atoms with Crippen LogP contribution in [-0.2, 0) is 9.84 Å². The third-order valence-electron chi connectivity index (χ3n) is 3.42. The lowest BCUT2D eigenvalue weighted by Crippen LogP contribution is -2.28. The molecule has 0 radical (unpaired) electrons. The van der Waals surface area contributed by atoms with Gasteiger partial charge in [-0.3, -0.25) is 0 Å². The van der Waals surface area contributed by atoms with Gasteiger partial charge in [0.15, 0.2) is 0 Å². The molecule has 0 spiro atoms. The van der Waals surface area contributed by atoms with Crippen LogP contribution in [0.3, 0.4) is 0 Å². The topological polar surface area (TPSA) is 46.2 Å². The smallest absolute Gasteiger partial charge is 0.317 e. The number of hydrogen-bond donors (Lipinski definition) is 1. The van der Waals surface area contributed by atoms with Gasteiger partial charge in [0, 0.05) is 6.04 Å². The van der Waals surface area contributed by atoms with Crippen molar-refractivity contribution in [1.29, 1.82) is 0 Å². The first kappa shape index (κ1) is 17.0. The molecule has 0 heterocycles. The van der Waals surface area contributed by atoms with Gasteiger partial charge in [-0.25, -0.2) is 8.42 Å². The maximum Gasteiger partial charge on any atom is 0.501 e. The van der Waals surface area contributed by atoms with Gasteiger partial charge in [-0.15, -0.1) is 0 Å². The van der Waals surface area contributed by atoms with Gasteiger partial charge in [0.05, 0.1) is 4.90 Å². The van der Waals surface area contributed by atoms with Crippen LogP contribution in [0.25, 0.3) is 0 Å². The van der Waals surface area contributed by atoms with E-state index in [4.69, 9.17) is 0 Å². The molecular formula is C13H18F3NO2S. The monoisotopic (exact) mass is 309 g/mol. The highest BCUT2D eigenvalue weighted by Crippen LogP contribution is 2.31. The Balaban J connectivity index is 3.12. The van der Waals surface area contributed by atoms with E-state index in [1.165, 1.54) is 12.1 Å². The van der Waals surface area contributed by atoms with Crippen LogP contribution < -0.4 is 5.32 Å². The summed E-state index contributed by atoms with van der Waals surface area (Å²) < 4.78 is 59.8. The number of halogens is 3. The molecule has 0 bridgehead atoms. The van der Waals surface area contributed by atoms with Crippen molar-refractivity contribution in [3.05, 3.63) is 29.8 Å². The van der Waals surface area contributed by atoms with E-state index < -0.39 is 20.2 Å². The Kier molecular flexibility index (Phi) is 5.21. The molecule has 1 rings (SSSR count). The zero-order chi connectivity index (χ0) is 15.6. The third kappa shape index (κ3) is 3.32. The zero-order valence-electron chi connectivity index (χ0n) is 11.5. The summed E-state index contributed by atoms with van der Waals surface area (Å²) in [7, 11) is -3.47. The summed E-state index contributed by atoms with van der Waals surface area (Å²) in [6, 6.07) is 5.07. The van der Waals surface area contributed by atoms with Gasteiger partial charge in [0.25, 0.3) is 9.84 Å². The Morgan fingerprint density at radius 2 is 1.70 bits per heavy atom. The Hall–Kier alpha value is -1.08. The molecule has 114 valence electrons. The number of sulfone groups is 1. The standard InChI is InChI=1S/C13H18F3NO2S/c1-4-12(9(2)17-3)10-5-7-11(8-6-10)20(18,19)13(14,15)16/h5-9,12,17H,4H2,1-3H3. The van der Waals surface area contributed by atoms with Crippen LogP contribution in [0.5, 0.6) is 0 Å². The maximum atomic E-state index is 12.4. The van der Waals surface area contributed by atoms with Crippen molar-refractivity contribution in [1.82, 2.24) is 5.32 Å². The van der Waals surface area contributed by atoms with Gasteiger partial charge in [0.1, 0.15) is 0 Å². The van der Waals surface area contributed by atoms with Gasteiger partial charge in [-0.2, -0.15) is 13.2 Å². The first-order valence-electron chi connectivity index (χ1n) is 6.23. The normalized spacial score (nSPS) is 15.9. The SMILES string of the molecule is CCC(c1ccc(S(=O)(=O)C(F)(F)F)cc1)C(C)NC. The molecule has 1 aromatic carbocycles. The first-order valence-corrected chi connectivity index (χ1v) is 7.72. The van der Waals surface area contributed by atoms with E-state index in [9.17, 15) is 21.6 Å². The summed E-state index contributed by atoms with van der Waals surface area (Å²) in [6.45, 7) is 3.94. The summed E-state index contributed by atoms with van der Waals surface area (Å²) in [5.41, 5.74) is -4.45. The van der Waals surface area contributed by atoms with E-state index in [-0.39, 0.29) is 12.0 Å². The molecule has 0 amide bonds. The van der Waals surface area contributed by atoms with Crippen LogP contribution in [0, 0.1) is 0 Å². The van der Waals surface area contributed by atoms with Crippen molar-refractivity contribution in [3.8, 4) is 0 Å². The quantitative estimate of drug-likeness (QED) is 0.909. The van der Waals surface area contributed by atoms with Gasteiger partial charge in [-0.05, 0) is 44.0 Å². The van der Waals surface area contributed by atoms with Crippen LogP contribution >= 0.6 is 0 Å². The minimum Gasteiger partial charge on any atom is -0.317 e. The van der Waals surface area contributed by atoms with Gasteiger partial charge < -0.3 is 5.32 Å². The third-order valence-corrected chi connectivity index (χ3v) is 4.92. The van der Waals surface area contributed by atoms with E-state index in [2.05, 4.69) is 5.32 Å². The molecule has 0 saturated heterocycles. The van der Waals surface area contributed by atoms with Crippen molar-refractivity contribution in [2.45, 2.75) is 42.6 Å². The molecule has 1 aromatic rings. The molecule has 2 unspecified atom stereocenters. The summed E-state index contributed by atoms with van der Waals surface area (Å²) in [4.78, 5) is -0.722. The van der Waals surface area contributed by atoms with E-state index in [1.807, 2.05) is 13.8 Å². The fourth-order valence-corrected chi connectivity index (χ4v) is 2.87. The first-order chi connectivity index (χ1) is 9.15. The van der Waals surface area contributed by atoms with Gasteiger partial charge in [-0.1, -0.05) is 19.1 Å². The molecule has 0 aliphatic carbocycles. The molecule has 0 fully saturated rings. The van der Waals surface area contributed by atoms with E-state index >= 15 is 0 Å². The number of hydrogen-bond acceptors (Lipinski definition) is 3. The molecule has 7 heteroatoms. The van der Waals surface area contributed by atoms with Crippen LogP contribution in [-0.4, -0.2) is 27.0 Å². The predicted octanol–water partition coefficient (Wildman–Crippen LogP) is 3.08. The largest absolute Gasteiger partial charge is 0.501 e. The summed E-state index contributed by atoms with van der Waals surface area (Å²) in [5, 5.41) is 3.09. The number of likely N-dealkylation sites (N-methyl/N-ethyl adjacent to an activating group) is 1. The van der Waals surface area contributed by atoms with E-state index in [0.29, 0.717) is 0 Å². The molecular weight excluding hydrogens is 291 g/mol. The lowest BCUT2D eigenvalue weighted by atomic mass is 9.90. The van der Waals surface area contributed by atoms with Crippen molar-refractivity contribution < 1.29 is 21.6 Å². The van der Waals surface area contributed by atoms with Crippen LogP contribution in [0.1, 0.15) is 31.7 Å². The van der Waals surface area contributed by atoms with Crippen molar-refractivity contribution in [2.24, 2.45) is 0 Å².